The Morgan fingerprint density at radius 1 is 1.26 bits per heavy atom. The van der Waals surface area contributed by atoms with Crippen LogP contribution in [0.15, 0.2) is 0 Å². The van der Waals surface area contributed by atoms with Crippen molar-refractivity contribution in [1.29, 1.82) is 5.26 Å². The molecule has 0 aromatic carbocycles. The van der Waals surface area contributed by atoms with Crippen LogP contribution in [0.5, 0.6) is 0 Å². The van der Waals surface area contributed by atoms with Crippen molar-refractivity contribution in [2.45, 2.75) is 76.4 Å². The van der Waals surface area contributed by atoms with E-state index in [0.29, 0.717) is 6.10 Å². The van der Waals surface area contributed by atoms with E-state index in [9.17, 15) is 5.26 Å². The zero-order valence-electron chi connectivity index (χ0n) is 12.3. The van der Waals surface area contributed by atoms with E-state index in [4.69, 9.17) is 4.74 Å². The fourth-order valence-corrected chi connectivity index (χ4v) is 3.43. The molecule has 0 aromatic rings. The Kier molecular flexibility index (Phi) is 5.66. The third-order valence-corrected chi connectivity index (χ3v) is 4.69. The minimum atomic E-state index is -0.312. The molecule has 0 aliphatic heterocycles. The van der Waals surface area contributed by atoms with Crippen LogP contribution in [0.2, 0.25) is 0 Å². The highest BCUT2D eigenvalue weighted by molar-refractivity contribution is 5.12. The third kappa shape index (κ3) is 4.19. The molecular formula is C16H28N2O. The second kappa shape index (κ2) is 7.26. The maximum Gasteiger partial charge on any atom is 0.109 e. The molecule has 2 atom stereocenters. The smallest absolute Gasteiger partial charge is 0.109 e. The fraction of sp³-hybridized carbons (Fsp3) is 0.938. The van der Waals surface area contributed by atoms with Gasteiger partial charge in [-0.25, -0.2) is 0 Å². The van der Waals surface area contributed by atoms with Crippen LogP contribution in [0.4, 0.5) is 0 Å². The second-order valence-corrected chi connectivity index (χ2v) is 6.32. The normalized spacial score (nSPS) is 32.3. The van der Waals surface area contributed by atoms with Gasteiger partial charge in [0, 0.05) is 13.0 Å². The molecule has 2 fully saturated rings. The lowest BCUT2D eigenvalue weighted by Gasteiger charge is -2.25. The Balaban J connectivity index is 1.72. The van der Waals surface area contributed by atoms with Crippen LogP contribution in [-0.2, 0) is 4.74 Å². The van der Waals surface area contributed by atoms with Gasteiger partial charge in [0.15, 0.2) is 0 Å². The minimum Gasteiger partial charge on any atom is -0.378 e. The average Bonchev–Trinajstić information content (AvgIpc) is 2.88. The van der Waals surface area contributed by atoms with E-state index in [0.717, 1.165) is 44.8 Å². The van der Waals surface area contributed by atoms with E-state index < -0.39 is 0 Å². The first-order valence-electron chi connectivity index (χ1n) is 8.06. The van der Waals surface area contributed by atoms with Crippen molar-refractivity contribution in [1.82, 2.24) is 5.32 Å². The number of hydrogen-bond acceptors (Lipinski definition) is 3. The number of ether oxygens (including phenoxy) is 1. The molecule has 0 heterocycles. The summed E-state index contributed by atoms with van der Waals surface area (Å²) in [5.74, 6) is 0.773. The van der Waals surface area contributed by atoms with E-state index >= 15 is 0 Å². The maximum atomic E-state index is 9.41. The first-order valence-corrected chi connectivity index (χ1v) is 8.06. The van der Waals surface area contributed by atoms with E-state index in [1.54, 1.807) is 0 Å². The summed E-state index contributed by atoms with van der Waals surface area (Å²) in [5, 5.41) is 12.8. The summed E-state index contributed by atoms with van der Waals surface area (Å²) in [7, 11) is 0. The average molecular weight is 264 g/mol. The minimum absolute atomic E-state index is 0.297. The highest BCUT2D eigenvalue weighted by Gasteiger charge is 2.39. The predicted molar refractivity (Wildman–Crippen MR) is 76.8 cm³/mol. The van der Waals surface area contributed by atoms with Gasteiger partial charge in [-0.15, -0.1) is 0 Å². The summed E-state index contributed by atoms with van der Waals surface area (Å²) in [4.78, 5) is 0. The molecule has 108 valence electrons. The number of nitrogens with one attached hydrogen (secondary N) is 1. The molecule has 0 radical (unpaired) electrons. The van der Waals surface area contributed by atoms with Crippen molar-refractivity contribution in [3.05, 3.63) is 0 Å². The van der Waals surface area contributed by atoms with Gasteiger partial charge in [-0.3, -0.25) is 5.32 Å². The molecular weight excluding hydrogens is 236 g/mol. The van der Waals surface area contributed by atoms with Gasteiger partial charge in [-0.2, -0.15) is 5.26 Å². The highest BCUT2D eigenvalue weighted by atomic mass is 16.5. The first-order chi connectivity index (χ1) is 9.28. The summed E-state index contributed by atoms with van der Waals surface area (Å²) < 4.78 is 6.09. The largest absolute Gasteiger partial charge is 0.378 e. The summed E-state index contributed by atoms with van der Waals surface area (Å²) in [6.07, 6.45) is 11.1. The van der Waals surface area contributed by atoms with Crippen LogP contribution in [0, 0.1) is 17.2 Å². The molecule has 0 aromatic heterocycles. The molecule has 0 spiro atoms. The van der Waals surface area contributed by atoms with Crippen molar-refractivity contribution in [2.24, 2.45) is 5.92 Å². The van der Waals surface area contributed by atoms with Gasteiger partial charge in [0.05, 0.1) is 12.2 Å². The van der Waals surface area contributed by atoms with Crippen LogP contribution < -0.4 is 5.32 Å². The standard InChI is InChI=1S/C16H28N2O/c1-2-10-18-16(13-17)9-8-15(11-16)19-12-14-6-4-3-5-7-14/h14-15,18H,2-12H2,1H3. The molecule has 2 aliphatic rings. The van der Waals surface area contributed by atoms with Gasteiger partial charge < -0.3 is 4.74 Å². The molecule has 19 heavy (non-hydrogen) atoms. The van der Waals surface area contributed by atoms with Crippen LogP contribution in [0.25, 0.3) is 0 Å². The van der Waals surface area contributed by atoms with Gasteiger partial charge >= 0.3 is 0 Å². The molecule has 1 N–H and O–H groups in total. The van der Waals surface area contributed by atoms with E-state index in [2.05, 4.69) is 18.3 Å². The van der Waals surface area contributed by atoms with Crippen molar-refractivity contribution in [3.8, 4) is 6.07 Å². The van der Waals surface area contributed by atoms with Gasteiger partial charge in [-0.1, -0.05) is 26.2 Å². The van der Waals surface area contributed by atoms with Crippen molar-refractivity contribution >= 4 is 0 Å². The second-order valence-electron chi connectivity index (χ2n) is 6.32. The maximum absolute atomic E-state index is 9.41. The molecule has 2 rings (SSSR count). The summed E-state index contributed by atoms with van der Waals surface area (Å²) >= 11 is 0. The van der Waals surface area contributed by atoms with Gasteiger partial charge in [-0.05, 0) is 44.6 Å². The molecule has 0 bridgehead atoms. The van der Waals surface area contributed by atoms with Crippen molar-refractivity contribution in [2.75, 3.05) is 13.2 Å². The SMILES string of the molecule is CCCNC1(C#N)CCC(OCC2CCCCC2)C1. The predicted octanol–water partition coefficient (Wildman–Crippen LogP) is 3.40. The molecule has 3 heteroatoms. The Labute approximate surface area is 117 Å². The quantitative estimate of drug-likeness (QED) is 0.799. The van der Waals surface area contributed by atoms with Crippen LogP contribution in [0.3, 0.4) is 0 Å². The zero-order valence-corrected chi connectivity index (χ0v) is 12.3. The van der Waals surface area contributed by atoms with Gasteiger partial charge in [0.2, 0.25) is 0 Å². The molecule has 0 saturated heterocycles. The molecule has 2 aliphatic carbocycles. The first kappa shape index (κ1) is 14.8. The summed E-state index contributed by atoms with van der Waals surface area (Å²) in [6, 6.07) is 2.49. The van der Waals surface area contributed by atoms with Crippen molar-refractivity contribution < 1.29 is 4.74 Å². The van der Waals surface area contributed by atoms with Crippen LogP contribution in [-0.4, -0.2) is 24.8 Å². The van der Waals surface area contributed by atoms with Crippen LogP contribution >= 0.6 is 0 Å². The number of nitriles is 1. The summed E-state index contributed by atoms with van der Waals surface area (Å²) in [5.41, 5.74) is -0.312. The molecule has 2 saturated carbocycles. The Morgan fingerprint density at radius 3 is 2.74 bits per heavy atom. The summed E-state index contributed by atoms with van der Waals surface area (Å²) in [6.45, 7) is 3.99. The van der Waals surface area contributed by atoms with E-state index in [1.165, 1.54) is 32.1 Å². The van der Waals surface area contributed by atoms with Gasteiger partial charge in [0.25, 0.3) is 0 Å². The highest BCUT2D eigenvalue weighted by Crippen LogP contribution is 2.33. The van der Waals surface area contributed by atoms with Crippen molar-refractivity contribution in [3.63, 3.8) is 0 Å². The Morgan fingerprint density at radius 2 is 2.05 bits per heavy atom. The van der Waals surface area contributed by atoms with Crippen LogP contribution in [0.1, 0.15) is 64.7 Å². The fourth-order valence-electron chi connectivity index (χ4n) is 3.43. The molecule has 2 unspecified atom stereocenters. The lowest BCUT2D eigenvalue weighted by atomic mass is 9.90. The number of nitrogens with zero attached hydrogens (tertiary/aromatic N) is 1. The lowest BCUT2D eigenvalue weighted by molar-refractivity contribution is 0.0222. The van der Waals surface area contributed by atoms with E-state index in [-0.39, 0.29) is 5.54 Å². The Hall–Kier alpha value is -0.590. The third-order valence-electron chi connectivity index (χ3n) is 4.69. The van der Waals surface area contributed by atoms with Gasteiger partial charge in [0.1, 0.15) is 5.54 Å². The zero-order chi connectivity index (χ0) is 13.6. The Bertz CT molecular complexity index is 306. The molecule has 0 amide bonds. The number of rotatable bonds is 6. The number of hydrogen-bond donors (Lipinski definition) is 1. The van der Waals surface area contributed by atoms with E-state index in [1.807, 2.05) is 0 Å². The lowest BCUT2D eigenvalue weighted by Crippen LogP contribution is -2.42. The topological polar surface area (TPSA) is 45.0 Å². The molecule has 3 nitrogen and oxygen atoms in total. The monoisotopic (exact) mass is 264 g/mol.